The van der Waals surface area contributed by atoms with Crippen LogP contribution in [0.4, 0.5) is 4.79 Å². The number of nitrogens with one attached hydrogen (secondary N) is 1. The van der Waals surface area contributed by atoms with E-state index < -0.39 is 18.1 Å². The van der Waals surface area contributed by atoms with Gasteiger partial charge in [-0.05, 0) is 11.6 Å². The van der Waals surface area contributed by atoms with Gasteiger partial charge in [0.05, 0.1) is 6.20 Å². The van der Waals surface area contributed by atoms with E-state index >= 15 is 0 Å². The van der Waals surface area contributed by atoms with Crippen LogP contribution in [-0.4, -0.2) is 40.0 Å². The molecule has 1 heterocycles. The second kappa shape index (κ2) is 7.00. The molecule has 0 saturated carbocycles. The highest BCUT2D eigenvalue weighted by molar-refractivity contribution is 5.80. The van der Waals surface area contributed by atoms with Gasteiger partial charge in [0.25, 0.3) is 0 Å². The molecule has 96 valence electrons. The van der Waals surface area contributed by atoms with Crippen LogP contribution in [0.25, 0.3) is 0 Å². The van der Waals surface area contributed by atoms with Crippen molar-refractivity contribution < 1.29 is 19.4 Å². The van der Waals surface area contributed by atoms with E-state index in [1.54, 1.807) is 6.07 Å². The van der Waals surface area contributed by atoms with E-state index in [1.807, 2.05) is 0 Å². The van der Waals surface area contributed by atoms with Crippen LogP contribution in [0.3, 0.4) is 0 Å². The van der Waals surface area contributed by atoms with Crippen molar-refractivity contribution in [3.63, 3.8) is 0 Å². The first kappa shape index (κ1) is 13.6. The smallest absolute Gasteiger partial charge is 0.408 e. The van der Waals surface area contributed by atoms with Gasteiger partial charge in [0, 0.05) is 12.6 Å². The fourth-order valence-electron chi connectivity index (χ4n) is 1.19. The van der Waals surface area contributed by atoms with E-state index in [-0.39, 0.29) is 13.0 Å². The predicted octanol–water partition coefficient (Wildman–Crippen LogP) is 0.384. The molecular formula is C11H13N3O4. The van der Waals surface area contributed by atoms with Crippen molar-refractivity contribution in [1.82, 2.24) is 15.5 Å². The summed E-state index contributed by atoms with van der Waals surface area (Å²) in [5, 5.41) is 18.4. The van der Waals surface area contributed by atoms with Crippen molar-refractivity contribution in [1.29, 1.82) is 0 Å². The molecule has 0 aliphatic rings. The Labute approximate surface area is 103 Å². The van der Waals surface area contributed by atoms with E-state index in [2.05, 4.69) is 26.8 Å². The van der Waals surface area contributed by atoms with Gasteiger partial charge in [-0.2, -0.15) is 10.2 Å². The van der Waals surface area contributed by atoms with Crippen molar-refractivity contribution >= 4 is 12.1 Å². The van der Waals surface area contributed by atoms with Gasteiger partial charge in [-0.25, -0.2) is 9.59 Å². The highest BCUT2D eigenvalue weighted by Gasteiger charge is 2.21. The van der Waals surface area contributed by atoms with Crippen molar-refractivity contribution in [2.24, 2.45) is 0 Å². The van der Waals surface area contributed by atoms with Gasteiger partial charge in [0.15, 0.2) is 0 Å². The van der Waals surface area contributed by atoms with Crippen LogP contribution < -0.4 is 5.32 Å². The molecule has 0 fully saturated rings. The van der Waals surface area contributed by atoms with Crippen LogP contribution in [-0.2, 0) is 16.0 Å². The molecule has 0 radical (unpaired) electrons. The Balaban J connectivity index is 2.58. The van der Waals surface area contributed by atoms with Gasteiger partial charge in [-0.3, -0.25) is 0 Å². The lowest BCUT2D eigenvalue weighted by Crippen LogP contribution is -2.42. The number of carbonyl (C=O) groups excluding carboxylic acids is 1. The molecule has 0 aliphatic carbocycles. The molecule has 0 saturated heterocycles. The quantitative estimate of drug-likeness (QED) is 0.709. The average Bonchev–Trinajstić information content (AvgIpc) is 2.36. The highest BCUT2D eigenvalue weighted by Crippen LogP contribution is 2.01. The summed E-state index contributed by atoms with van der Waals surface area (Å²) in [6, 6.07) is 0.547. The number of aliphatic carboxylic acids is 1. The lowest BCUT2D eigenvalue weighted by atomic mass is 10.1. The second-order valence-electron chi connectivity index (χ2n) is 3.38. The van der Waals surface area contributed by atoms with E-state index in [1.165, 1.54) is 18.5 Å². The number of carboxylic acids is 1. The third kappa shape index (κ3) is 4.60. The van der Waals surface area contributed by atoms with Gasteiger partial charge in [0.2, 0.25) is 0 Å². The zero-order valence-corrected chi connectivity index (χ0v) is 9.57. The molecule has 1 aromatic rings. The molecular weight excluding hydrogens is 238 g/mol. The fourth-order valence-corrected chi connectivity index (χ4v) is 1.19. The molecule has 0 spiro atoms. The van der Waals surface area contributed by atoms with Crippen LogP contribution in [0.15, 0.2) is 31.1 Å². The van der Waals surface area contributed by atoms with Gasteiger partial charge in [-0.15, -0.1) is 0 Å². The van der Waals surface area contributed by atoms with Crippen LogP contribution in [0.2, 0.25) is 0 Å². The van der Waals surface area contributed by atoms with Gasteiger partial charge in [0.1, 0.15) is 12.6 Å². The molecule has 2 N–H and O–H groups in total. The third-order valence-corrected chi connectivity index (χ3v) is 2.01. The first-order valence-electron chi connectivity index (χ1n) is 5.16. The minimum absolute atomic E-state index is 0.0228. The maximum absolute atomic E-state index is 11.2. The molecule has 1 atom stereocenters. The second-order valence-corrected chi connectivity index (χ2v) is 3.38. The number of carboxylic acid groups (broad SMARTS) is 1. The number of amides is 1. The van der Waals surface area contributed by atoms with Crippen LogP contribution >= 0.6 is 0 Å². The first-order chi connectivity index (χ1) is 8.63. The Bertz CT molecular complexity index is 422. The number of ether oxygens (including phenoxy) is 1. The normalized spacial score (nSPS) is 11.3. The van der Waals surface area contributed by atoms with E-state index in [0.29, 0.717) is 5.56 Å². The molecule has 0 aliphatic heterocycles. The monoisotopic (exact) mass is 251 g/mol. The summed E-state index contributed by atoms with van der Waals surface area (Å²) in [6.07, 6.45) is 3.58. The van der Waals surface area contributed by atoms with Gasteiger partial charge < -0.3 is 15.2 Å². The lowest BCUT2D eigenvalue weighted by Gasteiger charge is -2.13. The molecule has 7 nitrogen and oxygen atoms in total. The van der Waals surface area contributed by atoms with E-state index in [0.717, 1.165) is 0 Å². The number of hydrogen-bond donors (Lipinski definition) is 2. The Morgan fingerprint density at radius 3 is 2.89 bits per heavy atom. The van der Waals surface area contributed by atoms with Gasteiger partial charge in [-0.1, -0.05) is 12.7 Å². The van der Waals surface area contributed by atoms with Crippen molar-refractivity contribution in [2.45, 2.75) is 12.5 Å². The summed E-state index contributed by atoms with van der Waals surface area (Å²) in [7, 11) is 0. The number of hydrogen-bond acceptors (Lipinski definition) is 5. The van der Waals surface area contributed by atoms with Gasteiger partial charge >= 0.3 is 12.1 Å². The molecule has 7 heteroatoms. The topological polar surface area (TPSA) is 101 Å². The van der Waals surface area contributed by atoms with E-state index in [9.17, 15) is 9.59 Å². The largest absolute Gasteiger partial charge is 0.480 e. The maximum atomic E-state index is 11.2. The summed E-state index contributed by atoms with van der Waals surface area (Å²) in [4.78, 5) is 22.2. The van der Waals surface area contributed by atoms with E-state index in [4.69, 9.17) is 5.11 Å². The highest BCUT2D eigenvalue weighted by atomic mass is 16.5. The summed E-state index contributed by atoms with van der Waals surface area (Å²) in [5.41, 5.74) is 0.654. The Kier molecular flexibility index (Phi) is 5.30. The Hall–Kier alpha value is -2.44. The van der Waals surface area contributed by atoms with Crippen molar-refractivity contribution in [3.05, 3.63) is 36.7 Å². The summed E-state index contributed by atoms with van der Waals surface area (Å²) in [5.74, 6) is -1.15. The van der Waals surface area contributed by atoms with Crippen LogP contribution in [0.5, 0.6) is 0 Å². The molecule has 1 amide bonds. The lowest BCUT2D eigenvalue weighted by molar-refractivity contribution is -0.139. The Morgan fingerprint density at radius 2 is 2.33 bits per heavy atom. The molecule has 1 unspecified atom stereocenters. The third-order valence-electron chi connectivity index (χ3n) is 2.01. The minimum atomic E-state index is -1.15. The predicted molar refractivity (Wildman–Crippen MR) is 61.8 cm³/mol. The van der Waals surface area contributed by atoms with Crippen molar-refractivity contribution in [2.75, 3.05) is 6.61 Å². The van der Waals surface area contributed by atoms with Crippen molar-refractivity contribution in [3.8, 4) is 0 Å². The molecule has 0 aromatic carbocycles. The summed E-state index contributed by atoms with van der Waals surface area (Å²) >= 11 is 0. The zero-order valence-electron chi connectivity index (χ0n) is 9.57. The maximum Gasteiger partial charge on any atom is 0.408 e. The molecule has 1 rings (SSSR count). The van der Waals surface area contributed by atoms with Crippen LogP contribution in [0, 0.1) is 0 Å². The zero-order chi connectivity index (χ0) is 13.4. The molecule has 0 bridgehead atoms. The average molecular weight is 251 g/mol. The number of carbonyl (C=O) groups is 2. The SMILES string of the molecule is C=CCOC(=O)NC(Cc1ccnnc1)C(=O)O. The summed E-state index contributed by atoms with van der Waals surface area (Å²) < 4.78 is 4.65. The summed E-state index contributed by atoms with van der Waals surface area (Å²) in [6.45, 7) is 3.40. The fraction of sp³-hybridized carbons (Fsp3) is 0.273. The number of nitrogens with zero attached hydrogens (tertiary/aromatic N) is 2. The Morgan fingerprint density at radius 1 is 1.56 bits per heavy atom. The molecule has 1 aromatic heterocycles. The van der Waals surface area contributed by atoms with Crippen LogP contribution in [0.1, 0.15) is 5.56 Å². The number of alkyl carbamates (subject to hydrolysis) is 1. The number of aromatic nitrogens is 2. The first-order valence-corrected chi connectivity index (χ1v) is 5.16. The number of rotatable bonds is 6. The standard InChI is InChI=1S/C11H13N3O4/c1-2-5-18-11(17)14-9(10(15)16)6-8-3-4-12-13-7-8/h2-4,7,9H,1,5-6H2,(H,14,17)(H,15,16). The molecule has 18 heavy (non-hydrogen) atoms. The minimum Gasteiger partial charge on any atom is -0.480 e.